The molecule has 10 heteroatoms. The number of nitrogens with one attached hydrogen (secondary N) is 2. The molecule has 0 aliphatic rings. The Morgan fingerprint density at radius 1 is 1.15 bits per heavy atom. The lowest BCUT2D eigenvalue weighted by atomic mass is 10.1. The molecule has 3 aromatic rings. The summed E-state index contributed by atoms with van der Waals surface area (Å²) < 4.78 is 20.1. The molecule has 0 bridgehead atoms. The Kier molecular flexibility index (Phi) is 10.6. The van der Waals surface area contributed by atoms with Crippen LogP contribution in [0.25, 0.3) is 5.69 Å². The number of ether oxygens (including phenoxy) is 1. The monoisotopic (exact) mass is 577 g/mol. The van der Waals surface area contributed by atoms with E-state index in [-0.39, 0.29) is 35.6 Å². The van der Waals surface area contributed by atoms with Gasteiger partial charge in [0.2, 0.25) is 0 Å². The highest BCUT2D eigenvalue weighted by Crippen LogP contribution is 2.21. The van der Waals surface area contributed by atoms with Gasteiger partial charge in [0.05, 0.1) is 18.5 Å². The van der Waals surface area contributed by atoms with Gasteiger partial charge in [0.15, 0.2) is 5.96 Å². The molecule has 0 aliphatic heterocycles. The third kappa shape index (κ3) is 6.84. The lowest BCUT2D eigenvalue weighted by Gasteiger charge is -2.13. The number of aromatic nitrogens is 2. The second kappa shape index (κ2) is 13.4. The molecule has 0 fully saturated rings. The second-order valence-corrected chi connectivity index (χ2v) is 7.30. The van der Waals surface area contributed by atoms with Crippen molar-refractivity contribution in [3.8, 4) is 17.5 Å². The number of nitrogens with zero attached hydrogens (tertiary/aromatic N) is 4. The summed E-state index contributed by atoms with van der Waals surface area (Å²) in [5.41, 5.74) is 8.80. The zero-order chi connectivity index (χ0) is 23.6. The summed E-state index contributed by atoms with van der Waals surface area (Å²) in [6.07, 6.45) is 2.09. The van der Waals surface area contributed by atoms with Crippen molar-refractivity contribution in [1.29, 1.82) is 5.26 Å². The number of guanidine groups is 1. The van der Waals surface area contributed by atoms with E-state index >= 15 is 0 Å². The number of aliphatic imine (C=N–C) groups is 1. The number of aryl methyl sites for hydroxylation is 1. The Balaban J connectivity index is 0.00000408. The zero-order valence-electron chi connectivity index (χ0n) is 19.2. The van der Waals surface area contributed by atoms with Gasteiger partial charge in [-0.1, -0.05) is 18.2 Å². The van der Waals surface area contributed by atoms with Gasteiger partial charge in [-0.3, -0.25) is 4.99 Å². The van der Waals surface area contributed by atoms with Gasteiger partial charge >= 0.3 is 0 Å². The summed E-state index contributed by atoms with van der Waals surface area (Å²) in [6.45, 7) is 1.35. The highest BCUT2D eigenvalue weighted by atomic mass is 127. The molecule has 34 heavy (non-hydrogen) atoms. The maximum Gasteiger partial charge on any atom is 0.190 e. The van der Waals surface area contributed by atoms with E-state index in [0.29, 0.717) is 42.4 Å². The molecule has 0 spiro atoms. The zero-order valence-corrected chi connectivity index (χ0v) is 21.5. The van der Waals surface area contributed by atoms with Crippen molar-refractivity contribution in [3.05, 3.63) is 71.2 Å². The average molecular weight is 577 g/mol. The highest BCUT2D eigenvalue weighted by Gasteiger charge is 2.16. The van der Waals surface area contributed by atoms with Crippen molar-refractivity contribution in [2.75, 3.05) is 33.0 Å². The largest absolute Gasteiger partial charge is 0.496 e. The number of benzene rings is 2. The van der Waals surface area contributed by atoms with E-state index < -0.39 is 0 Å². The number of methoxy groups -OCH3 is 1. The van der Waals surface area contributed by atoms with Gasteiger partial charge in [-0.05, 0) is 55.2 Å². The fourth-order valence-electron chi connectivity index (χ4n) is 3.46. The summed E-state index contributed by atoms with van der Waals surface area (Å²) in [4.78, 5) is 4.25. The first kappa shape index (κ1) is 26.9. The van der Waals surface area contributed by atoms with Crippen molar-refractivity contribution < 1.29 is 9.13 Å². The fraction of sp³-hybridized carbons (Fsp3) is 0.292. The van der Waals surface area contributed by atoms with Crippen LogP contribution in [0.4, 0.5) is 10.2 Å². The van der Waals surface area contributed by atoms with Crippen LogP contribution in [0.2, 0.25) is 0 Å². The summed E-state index contributed by atoms with van der Waals surface area (Å²) in [5, 5.41) is 20.6. The molecule has 2 aromatic carbocycles. The number of nitrogens with two attached hydrogens (primary N) is 1. The molecule has 1 aromatic heterocycles. The van der Waals surface area contributed by atoms with Crippen LogP contribution in [0.1, 0.15) is 23.2 Å². The number of halogens is 2. The van der Waals surface area contributed by atoms with Crippen molar-refractivity contribution in [1.82, 2.24) is 20.4 Å². The quantitative estimate of drug-likeness (QED) is 0.156. The van der Waals surface area contributed by atoms with E-state index in [1.807, 2.05) is 24.3 Å². The van der Waals surface area contributed by atoms with E-state index in [2.05, 4.69) is 26.8 Å². The van der Waals surface area contributed by atoms with E-state index in [0.717, 1.165) is 24.2 Å². The van der Waals surface area contributed by atoms with Gasteiger partial charge in [-0.25, -0.2) is 9.07 Å². The van der Waals surface area contributed by atoms with Crippen LogP contribution < -0.4 is 21.1 Å². The number of hydrogen-bond acceptors (Lipinski definition) is 5. The molecule has 0 aliphatic carbocycles. The van der Waals surface area contributed by atoms with Crippen molar-refractivity contribution in [2.45, 2.75) is 19.3 Å². The van der Waals surface area contributed by atoms with Gasteiger partial charge in [0.1, 0.15) is 29.0 Å². The lowest BCUT2D eigenvalue weighted by molar-refractivity contribution is 0.409. The molecule has 0 amide bonds. The van der Waals surface area contributed by atoms with Crippen LogP contribution in [0.5, 0.6) is 5.75 Å². The SMILES string of the molecule is CN=C(NCCCc1nn(-c2ccc(F)cc2)c(N)c1C#N)NCCc1ccccc1OC.I. The van der Waals surface area contributed by atoms with Gasteiger partial charge in [-0.15, -0.1) is 24.0 Å². The average Bonchev–Trinajstić information content (AvgIpc) is 3.16. The Morgan fingerprint density at radius 2 is 1.85 bits per heavy atom. The molecule has 0 radical (unpaired) electrons. The van der Waals surface area contributed by atoms with E-state index in [1.54, 1.807) is 26.3 Å². The maximum absolute atomic E-state index is 13.2. The van der Waals surface area contributed by atoms with Gasteiger partial charge in [0, 0.05) is 20.1 Å². The van der Waals surface area contributed by atoms with Crippen LogP contribution in [0, 0.1) is 17.1 Å². The molecule has 1 heterocycles. The van der Waals surface area contributed by atoms with Crippen molar-refractivity contribution in [3.63, 3.8) is 0 Å². The van der Waals surface area contributed by atoms with Crippen LogP contribution in [0.3, 0.4) is 0 Å². The van der Waals surface area contributed by atoms with E-state index in [1.165, 1.54) is 16.8 Å². The molecular formula is C24H29FIN7O. The Bertz CT molecular complexity index is 1140. The first-order valence-corrected chi connectivity index (χ1v) is 10.7. The number of nitriles is 1. The van der Waals surface area contributed by atoms with Crippen molar-refractivity contribution in [2.24, 2.45) is 4.99 Å². The van der Waals surface area contributed by atoms with Gasteiger partial charge < -0.3 is 21.1 Å². The number of anilines is 1. The van der Waals surface area contributed by atoms with Gasteiger partial charge in [-0.2, -0.15) is 10.4 Å². The Hall–Kier alpha value is -3.33. The Morgan fingerprint density at radius 3 is 2.53 bits per heavy atom. The molecule has 3 rings (SSSR count). The molecule has 0 saturated heterocycles. The van der Waals surface area contributed by atoms with Crippen LogP contribution in [-0.2, 0) is 12.8 Å². The third-order valence-electron chi connectivity index (χ3n) is 5.16. The maximum atomic E-state index is 13.2. The van der Waals surface area contributed by atoms with Crippen LogP contribution in [-0.4, -0.2) is 43.0 Å². The third-order valence-corrected chi connectivity index (χ3v) is 5.16. The number of nitrogen functional groups attached to an aromatic ring is 1. The summed E-state index contributed by atoms with van der Waals surface area (Å²) >= 11 is 0. The Labute approximate surface area is 216 Å². The molecule has 0 saturated carbocycles. The molecular weight excluding hydrogens is 548 g/mol. The van der Waals surface area contributed by atoms with Crippen LogP contribution in [0.15, 0.2) is 53.5 Å². The van der Waals surface area contributed by atoms with Crippen molar-refractivity contribution >= 4 is 35.8 Å². The summed E-state index contributed by atoms with van der Waals surface area (Å²) in [5.74, 6) is 1.47. The molecule has 180 valence electrons. The smallest absolute Gasteiger partial charge is 0.190 e. The summed E-state index contributed by atoms with van der Waals surface area (Å²) in [6, 6.07) is 15.9. The highest BCUT2D eigenvalue weighted by molar-refractivity contribution is 14.0. The predicted octanol–water partition coefficient (Wildman–Crippen LogP) is 3.43. The van der Waals surface area contributed by atoms with Crippen LogP contribution >= 0.6 is 24.0 Å². The van der Waals surface area contributed by atoms with Gasteiger partial charge in [0.25, 0.3) is 0 Å². The molecule has 8 nitrogen and oxygen atoms in total. The standard InChI is InChI=1S/C24H28FN7O.HI/c1-28-24(30-15-13-17-6-3-4-8-22(17)33-2)29-14-5-7-21-20(16-26)23(27)32(31-21)19-11-9-18(25)10-12-19;/h3-4,6,8-12H,5,7,13-15,27H2,1-2H3,(H2,28,29,30);1H. The fourth-order valence-corrected chi connectivity index (χ4v) is 3.46. The topological polar surface area (TPSA) is 113 Å². The number of hydrogen-bond donors (Lipinski definition) is 3. The minimum Gasteiger partial charge on any atom is -0.496 e. The first-order chi connectivity index (χ1) is 16.1. The predicted molar refractivity (Wildman–Crippen MR) is 142 cm³/mol. The normalized spacial score (nSPS) is 10.8. The van der Waals surface area contributed by atoms with E-state index in [9.17, 15) is 9.65 Å². The second-order valence-electron chi connectivity index (χ2n) is 7.30. The first-order valence-electron chi connectivity index (χ1n) is 10.7. The minimum atomic E-state index is -0.346. The molecule has 4 N–H and O–H groups in total. The van der Waals surface area contributed by atoms with E-state index in [4.69, 9.17) is 10.5 Å². The lowest BCUT2D eigenvalue weighted by Crippen LogP contribution is -2.38. The number of rotatable bonds is 9. The molecule has 0 unspecified atom stereocenters. The summed E-state index contributed by atoms with van der Waals surface area (Å²) in [7, 11) is 3.39. The molecule has 0 atom stereocenters. The number of para-hydroxylation sites is 1. The minimum absolute atomic E-state index is 0.